The van der Waals surface area contributed by atoms with E-state index < -0.39 is 22.0 Å². The molecule has 0 radical (unpaired) electrons. The Morgan fingerprint density at radius 1 is 1.03 bits per heavy atom. The lowest BCUT2D eigenvalue weighted by Crippen LogP contribution is -2.52. The molecule has 2 aromatic carbocycles. The quantitative estimate of drug-likeness (QED) is 0.536. The number of amides is 2. The van der Waals surface area contributed by atoms with E-state index in [2.05, 4.69) is 5.32 Å². The van der Waals surface area contributed by atoms with Crippen LogP contribution in [0.1, 0.15) is 25.8 Å². The molecule has 0 aliphatic rings. The van der Waals surface area contributed by atoms with E-state index in [0.29, 0.717) is 31.0 Å². The highest BCUT2D eigenvalue weighted by Crippen LogP contribution is 2.18. The highest BCUT2D eigenvalue weighted by molar-refractivity contribution is 7.89. The zero-order valence-electron chi connectivity index (χ0n) is 18.6. The molecule has 0 heterocycles. The van der Waals surface area contributed by atoms with Gasteiger partial charge in [0.1, 0.15) is 6.04 Å². The monoisotopic (exact) mass is 479 g/mol. The minimum Gasteiger partial charge on any atom is -0.355 e. The third kappa shape index (κ3) is 6.79. The number of carbonyl (C=O) groups is 2. The van der Waals surface area contributed by atoms with Crippen molar-refractivity contribution in [2.24, 2.45) is 0 Å². The largest absolute Gasteiger partial charge is 0.355 e. The second kappa shape index (κ2) is 12.0. The van der Waals surface area contributed by atoms with E-state index in [1.165, 1.54) is 36.2 Å². The Morgan fingerprint density at radius 3 is 2.22 bits per heavy atom. The zero-order chi connectivity index (χ0) is 23.7. The first-order valence-corrected chi connectivity index (χ1v) is 12.4. The molecule has 0 fully saturated rings. The van der Waals surface area contributed by atoms with Crippen LogP contribution in [0.15, 0.2) is 59.5 Å². The summed E-state index contributed by atoms with van der Waals surface area (Å²) in [6.45, 7) is 4.01. The van der Waals surface area contributed by atoms with Gasteiger partial charge in [-0.05, 0) is 49.6 Å². The fourth-order valence-corrected chi connectivity index (χ4v) is 4.59. The maximum absolute atomic E-state index is 13.2. The van der Waals surface area contributed by atoms with Gasteiger partial charge in [0.05, 0.1) is 11.4 Å². The molecular weight excluding hydrogens is 450 g/mol. The molecule has 7 nitrogen and oxygen atoms in total. The molecule has 1 atom stereocenters. The van der Waals surface area contributed by atoms with Crippen LogP contribution in [0.5, 0.6) is 0 Å². The Hall–Kier alpha value is -2.42. The van der Waals surface area contributed by atoms with Crippen molar-refractivity contribution in [1.29, 1.82) is 0 Å². The molecule has 2 aromatic rings. The van der Waals surface area contributed by atoms with Crippen LogP contribution in [0.25, 0.3) is 0 Å². The predicted molar refractivity (Wildman–Crippen MR) is 126 cm³/mol. The first kappa shape index (κ1) is 25.8. The number of nitrogens with zero attached hydrogens (tertiary/aromatic N) is 2. The fourth-order valence-electron chi connectivity index (χ4n) is 3.34. The Kier molecular flexibility index (Phi) is 9.68. The fraction of sp³-hybridized carbons (Fsp3) is 0.391. The Morgan fingerprint density at radius 2 is 1.66 bits per heavy atom. The molecule has 174 valence electrons. The zero-order valence-corrected chi connectivity index (χ0v) is 20.2. The number of hydrogen-bond acceptors (Lipinski definition) is 4. The highest BCUT2D eigenvalue weighted by atomic mass is 35.5. The van der Waals surface area contributed by atoms with E-state index >= 15 is 0 Å². The van der Waals surface area contributed by atoms with E-state index in [0.717, 1.165) is 9.87 Å². The SMILES string of the molecule is CCNC(=O)[C@H](CC)N(CCc1ccccc1)C(=O)CN(C)S(=O)(=O)c1ccc(Cl)cc1. The average molecular weight is 480 g/mol. The van der Waals surface area contributed by atoms with Crippen LogP contribution in [0.2, 0.25) is 5.02 Å². The maximum Gasteiger partial charge on any atom is 0.243 e. The number of rotatable bonds is 11. The minimum atomic E-state index is -3.89. The van der Waals surface area contributed by atoms with Crippen LogP contribution >= 0.6 is 11.6 Å². The summed E-state index contributed by atoms with van der Waals surface area (Å²) in [4.78, 5) is 27.4. The highest BCUT2D eigenvalue weighted by Gasteiger charge is 2.31. The molecule has 0 aliphatic heterocycles. The van der Waals surface area contributed by atoms with Gasteiger partial charge in [-0.3, -0.25) is 9.59 Å². The predicted octanol–water partition coefficient (Wildman–Crippen LogP) is 2.95. The van der Waals surface area contributed by atoms with Gasteiger partial charge in [0.2, 0.25) is 21.8 Å². The summed E-state index contributed by atoms with van der Waals surface area (Å²) in [6.07, 6.45) is 0.968. The number of likely N-dealkylation sites (N-methyl/N-ethyl adjacent to an activating group) is 2. The molecule has 0 saturated carbocycles. The molecule has 9 heteroatoms. The van der Waals surface area contributed by atoms with E-state index in [-0.39, 0.29) is 17.3 Å². The molecule has 1 N–H and O–H groups in total. The van der Waals surface area contributed by atoms with Crippen molar-refractivity contribution in [2.75, 3.05) is 26.7 Å². The summed E-state index contributed by atoms with van der Waals surface area (Å²) >= 11 is 5.85. The van der Waals surface area contributed by atoms with Crippen LogP contribution in [0.3, 0.4) is 0 Å². The number of sulfonamides is 1. The Labute approximate surface area is 195 Å². The lowest BCUT2D eigenvalue weighted by molar-refractivity contribution is -0.140. The molecule has 0 aliphatic carbocycles. The minimum absolute atomic E-state index is 0.0452. The molecule has 2 rings (SSSR count). The number of halogens is 1. The maximum atomic E-state index is 13.2. The number of nitrogens with one attached hydrogen (secondary N) is 1. The molecule has 0 unspecified atom stereocenters. The topological polar surface area (TPSA) is 86.8 Å². The van der Waals surface area contributed by atoms with Crippen molar-refractivity contribution in [3.05, 3.63) is 65.2 Å². The molecule has 0 aromatic heterocycles. The van der Waals surface area contributed by atoms with Gasteiger partial charge in [0.25, 0.3) is 0 Å². The van der Waals surface area contributed by atoms with E-state index in [1.54, 1.807) is 0 Å². The van der Waals surface area contributed by atoms with Crippen LogP contribution < -0.4 is 5.32 Å². The van der Waals surface area contributed by atoms with Crippen molar-refractivity contribution >= 4 is 33.4 Å². The Balaban J connectivity index is 2.23. The van der Waals surface area contributed by atoms with Crippen LogP contribution in [-0.2, 0) is 26.0 Å². The first-order valence-electron chi connectivity index (χ1n) is 10.5. The van der Waals surface area contributed by atoms with Gasteiger partial charge in [-0.2, -0.15) is 4.31 Å². The molecular formula is C23H30ClN3O4S. The normalized spacial score (nSPS) is 12.4. The second-order valence-electron chi connectivity index (χ2n) is 7.36. The van der Waals surface area contributed by atoms with Gasteiger partial charge in [0, 0.05) is 25.2 Å². The molecule has 2 amide bonds. The first-order chi connectivity index (χ1) is 15.2. The smallest absolute Gasteiger partial charge is 0.243 e. The number of benzene rings is 2. The van der Waals surface area contributed by atoms with E-state index in [4.69, 9.17) is 11.6 Å². The lowest BCUT2D eigenvalue weighted by atomic mass is 10.1. The third-order valence-corrected chi connectivity index (χ3v) is 7.17. The lowest BCUT2D eigenvalue weighted by Gasteiger charge is -2.31. The van der Waals surface area contributed by atoms with Gasteiger partial charge >= 0.3 is 0 Å². The molecule has 32 heavy (non-hydrogen) atoms. The van der Waals surface area contributed by atoms with Crippen molar-refractivity contribution in [2.45, 2.75) is 37.6 Å². The number of hydrogen-bond donors (Lipinski definition) is 1. The molecule has 0 bridgehead atoms. The Bertz CT molecular complexity index is 998. The summed E-state index contributed by atoms with van der Waals surface area (Å²) in [6, 6.07) is 14.7. The summed E-state index contributed by atoms with van der Waals surface area (Å²) < 4.78 is 26.8. The van der Waals surface area contributed by atoms with Gasteiger partial charge in [-0.25, -0.2) is 8.42 Å². The molecule has 0 saturated heterocycles. The van der Waals surface area contributed by atoms with Crippen LogP contribution in [-0.4, -0.2) is 62.2 Å². The standard InChI is InChI=1S/C23H30ClN3O4S/c1-4-21(23(29)25-5-2)27(16-15-18-9-7-6-8-10-18)22(28)17-26(3)32(30,31)20-13-11-19(24)12-14-20/h6-14,21H,4-5,15-17H2,1-3H3,(H,25,29)/t21-/m0/s1. The summed E-state index contributed by atoms with van der Waals surface area (Å²) in [7, 11) is -2.54. The van der Waals surface area contributed by atoms with E-state index in [9.17, 15) is 18.0 Å². The second-order valence-corrected chi connectivity index (χ2v) is 9.84. The van der Waals surface area contributed by atoms with Crippen molar-refractivity contribution in [3.8, 4) is 0 Å². The van der Waals surface area contributed by atoms with Gasteiger partial charge in [0.15, 0.2) is 0 Å². The van der Waals surface area contributed by atoms with Crippen molar-refractivity contribution in [1.82, 2.24) is 14.5 Å². The summed E-state index contributed by atoms with van der Waals surface area (Å²) in [5.74, 6) is -0.682. The number of carbonyl (C=O) groups excluding carboxylic acids is 2. The van der Waals surface area contributed by atoms with Crippen molar-refractivity contribution in [3.63, 3.8) is 0 Å². The van der Waals surface area contributed by atoms with Crippen LogP contribution in [0, 0.1) is 0 Å². The van der Waals surface area contributed by atoms with Gasteiger partial charge < -0.3 is 10.2 Å². The van der Waals surface area contributed by atoms with Gasteiger partial charge in [-0.15, -0.1) is 0 Å². The average Bonchev–Trinajstić information content (AvgIpc) is 2.77. The van der Waals surface area contributed by atoms with E-state index in [1.807, 2.05) is 44.2 Å². The molecule has 0 spiro atoms. The van der Waals surface area contributed by atoms with Crippen molar-refractivity contribution < 1.29 is 18.0 Å². The third-order valence-electron chi connectivity index (χ3n) is 5.10. The van der Waals surface area contributed by atoms with Gasteiger partial charge in [-0.1, -0.05) is 48.9 Å². The van der Waals surface area contributed by atoms with Crippen LogP contribution in [0.4, 0.5) is 0 Å². The summed E-state index contributed by atoms with van der Waals surface area (Å²) in [5.41, 5.74) is 1.03. The summed E-state index contributed by atoms with van der Waals surface area (Å²) in [5, 5.41) is 3.19.